The number of benzene rings is 2. The van der Waals surface area contributed by atoms with E-state index in [1.807, 2.05) is 22.7 Å². The van der Waals surface area contributed by atoms with Crippen molar-refractivity contribution >= 4 is 43.5 Å². The molecule has 0 bridgehead atoms. The molecule has 0 saturated carbocycles. The number of rotatable bonds is 0. The van der Waals surface area contributed by atoms with Gasteiger partial charge in [0, 0.05) is 9.58 Å². The normalized spacial score (nSPS) is 12.2. The molecule has 136 valence electrons. The molecule has 4 rings (SSSR count). The summed E-state index contributed by atoms with van der Waals surface area (Å²) in [6, 6.07) is 17.2. The summed E-state index contributed by atoms with van der Waals surface area (Å²) in [5.74, 6) is 0. The molecule has 0 radical (unpaired) electrons. The maximum atomic E-state index is 2.28. The Hall–Kier alpha value is -1.64. The van der Waals surface area contributed by atoms with Gasteiger partial charge in [0.2, 0.25) is 0 Å². The summed E-state index contributed by atoms with van der Waals surface area (Å²) in [6.07, 6.45) is 0. The molecular weight excluding hydrogens is 352 g/mol. The molecule has 0 nitrogen and oxygen atoms in total. The Morgan fingerprint density at radius 3 is 1.88 bits per heavy atom. The highest BCUT2D eigenvalue weighted by atomic mass is 32.1. The van der Waals surface area contributed by atoms with E-state index in [1.54, 1.807) is 0 Å². The van der Waals surface area contributed by atoms with Gasteiger partial charge in [-0.25, -0.2) is 0 Å². The standard InChI is InChI=1S/2C12H14S/c1-12(2,3)10-8-13-11-7-5-4-6-9(10)11;1-12(2,3)11-10-7-5-4-6-9(10)8-13-11/h2*4-8H,1-3H3. The molecule has 0 saturated heterocycles. The van der Waals surface area contributed by atoms with E-state index < -0.39 is 0 Å². The van der Waals surface area contributed by atoms with E-state index in [4.69, 9.17) is 0 Å². The van der Waals surface area contributed by atoms with Crippen LogP contribution in [0.3, 0.4) is 0 Å². The van der Waals surface area contributed by atoms with Crippen molar-refractivity contribution in [3.8, 4) is 0 Å². The smallest absolute Gasteiger partial charge is 0.0345 e. The fourth-order valence-electron chi connectivity index (χ4n) is 3.13. The average Bonchev–Trinajstić information content (AvgIpc) is 3.19. The van der Waals surface area contributed by atoms with E-state index in [0.717, 1.165) is 0 Å². The van der Waals surface area contributed by atoms with E-state index in [2.05, 4.69) is 101 Å². The van der Waals surface area contributed by atoms with Crippen LogP contribution in [0.15, 0.2) is 59.3 Å². The topological polar surface area (TPSA) is 0 Å². The van der Waals surface area contributed by atoms with Crippen LogP contribution in [0.5, 0.6) is 0 Å². The highest BCUT2D eigenvalue weighted by Gasteiger charge is 2.18. The molecule has 26 heavy (non-hydrogen) atoms. The first kappa shape index (κ1) is 19.1. The van der Waals surface area contributed by atoms with E-state index >= 15 is 0 Å². The Labute approximate surface area is 165 Å². The fraction of sp³-hybridized carbons (Fsp3) is 0.333. The lowest BCUT2D eigenvalue weighted by Gasteiger charge is -2.17. The molecule has 0 aliphatic carbocycles. The second-order valence-electron chi connectivity index (χ2n) is 8.80. The highest BCUT2D eigenvalue weighted by Crippen LogP contribution is 2.35. The summed E-state index contributed by atoms with van der Waals surface area (Å²) in [7, 11) is 0. The van der Waals surface area contributed by atoms with Crippen LogP contribution < -0.4 is 0 Å². The van der Waals surface area contributed by atoms with Crippen LogP contribution >= 0.6 is 22.7 Å². The minimum absolute atomic E-state index is 0.263. The minimum atomic E-state index is 0.263. The third kappa shape index (κ3) is 4.02. The molecule has 0 N–H and O–H groups in total. The van der Waals surface area contributed by atoms with Gasteiger partial charge in [0.15, 0.2) is 0 Å². The largest absolute Gasteiger partial charge is 0.147 e. The van der Waals surface area contributed by atoms with Crippen LogP contribution in [0.1, 0.15) is 52.0 Å². The summed E-state index contributed by atoms with van der Waals surface area (Å²) < 4.78 is 1.40. The number of thiophene rings is 2. The molecule has 0 aliphatic heterocycles. The quantitative estimate of drug-likeness (QED) is 0.287. The van der Waals surface area contributed by atoms with Gasteiger partial charge in [-0.2, -0.15) is 0 Å². The van der Waals surface area contributed by atoms with Crippen molar-refractivity contribution in [1.29, 1.82) is 0 Å². The lowest BCUT2D eigenvalue weighted by atomic mass is 9.87. The van der Waals surface area contributed by atoms with Gasteiger partial charge in [-0.1, -0.05) is 84.0 Å². The third-order valence-electron chi connectivity index (χ3n) is 4.48. The maximum absolute atomic E-state index is 2.28. The Morgan fingerprint density at radius 1 is 0.615 bits per heavy atom. The lowest BCUT2D eigenvalue weighted by molar-refractivity contribution is 0.598. The Morgan fingerprint density at radius 2 is 1.23 bits per heavy atom. The zero-order valence-corrected chi connectivity index (χ0v) is 18.2. The van der Waals surface area contributed by atoms with Crippen LogP contribution in [0.25, 0.3) is 20.9 Å². The van der Waals surface area contributed by atoms with Crippen LogP contribution in [0, 0.1) is 0 Å². The van der Waals surface area contributed by atoms with E-state index in [0.29, 0.717) is 0 Å². The maximum Gasteiger partial charge on any atom is 0.0345 e. The zero-order valence-electron chi connectivity index (χ0n) is 16.6. The molecule has 2 heterocycles. The van der Waals surface area contributed by atoms with Crippen molar-refractivity contribution in [2.45, 2.75) is 52.4 Å². The molecule has 2 heteroatoms. The van der Waals surface area contributed by atoms with Gasteiger partial charge in [-0.05, 0) is 49.4 Å². The second kappa shape index (κ2) is 7.17. The van der Waals surface area contributed by atoms with Crippen molar-refractivity contribution in [3.05, 3.63) is 69.7 Å². The van der Waals surface area contributed by atoms with Crippen molar-refractivity contribution in [1.82, 2.24) is 0 Å². The highest BCUT2D eigenvalue weighted by molar-refractivity contribution is 7.17. The number of hydrogen-bond donors (Lipinski definition) is 0. The predicted molar refractivity (Wildman–Crippen MR) is 121 cm³/mol. The van der Waals surface area contributed by atoms with Crippen LogP contribution in [-0.4, -0.2) is 0 Å². The second-order valence-corrected chi connectivity index (χ2v) is 10.6. The van der Waals surface area contributed by atoms with E-state index in [-0.39, 0.29) is 10.8 Å². The summed E-state index contributed by atoms with van der Waals surface area (Å²) in [4.78, 5) is 1.49. The van der Waals surface area contributed by atoms with Gasteiger partial charge < -0.3 is 0 Å². The first-order chi connectivity index (χ1) is 12.2. The van der Waals surface area contributed by atoms with Crippen molar-refractivity contribution < 1.29 is 0 Å². The zero-order chi connectivity index (χ0) is 18.9. The molecule has 0 unspecified atom stereocenters. The number of fused-ring (bicyclic) bond motifs is 2. The summed E-state index contributed by atoms with van der Waals surface area (Å²) in [6.45, 7) is 13.6. The van der Waals surface area contributed by atoms with Gasteiger partial charge >= 0.3 is 0 Å². The van der Waals surface area contributed by atoms with Gasteiger partial charge in [0.1, 0.15) is 0 Å². The Kier molecular flexibility index (Phi) is 5.28. The van der Waals surface area contributed by atoms with E-state index in [1.165, 1.54) is 31.3 Å². The SMILES string of the molecule is CC(C)(C)c1csc2ccccc12.CC(C)(C)c1scc2ccccc12. The van der Waals surface area contributed by atoms with Gasteiger partial charge in [-0.15, -0.1) is 22.7 Å². The molecule has 2 aromatic carbocycles. The van der Waals surface area contributed by atoms with Crippen molar-refractivity contribution in [2.24, 2.45) is 0 Å². The van der Waals surface area contributed by atoms with E-state index in [9.17, 15) is 0 Å². The third-order valence-corrected chi connectivity index (χ3v) is 6.88. The molecule has 4 aromatic rings. The van der Waals surface area contributed by atoms with Crippen LogP contribution in [-0.2, 0) is 10.8 Å². The van der Waals surface area contributed by atoms with Gasteiger partial charge in [0.05, 0.1) is 0 Å². The van der Waals surface area contributed by atoms with Crippen LogP contribution in [0.2, 0.25) is 0 Å². The number of hydrogen-bond acceptors (Lipinski definition) is 2. The fourth-order valence-corrected chi connectivity index (χ4v) is 5.44. The molecule has 0 spiro atoms. The molecular formula is C24H28S2. The first-order valence-corrected chi connectivity index (χ1v) is 10.9. The van der Waals surface area contributed by atoms with Crippen LogP contribution in [0.4, 0.5) is 0 Å². The van der Waals surface area contributed by atoms with Gasteiger partial charge in [-0.3, -0.25) is 0 Å². The summed E-state index contributed by atoms with van der Waals surface area (Å²) in [5, 5.41) is 8.73. The molecule has 0 aliphatic rings. The van der Waals surface area contributed by atoms with Crippen molar-refractivity contribution in [2.75, 3.05) is 0 Å². The molecule has 2 aromatic heterocycles. The molecule has 0 fully saturated rings. The predicted octanol–water partition coefficient (Wildman–Crippen LogP) is 8.40. The Bertz CT molecular complexity index is 920. The summed E-state index contributed by atoms with van der Waals surface area (Å²) in [5.41, 5.74) is 2.00. The van der Waals surface area contributed by atoms with Crippen molar-refractivity contribution in [3.63, 3.8) is 0 Å². The average molecular weight is 381 g/mol. The Balaban J connectivity index is 0.000000151. The molecule has 0 amide bonds. The summed E-state index contributed by atoms with van der Waals surface area (Å²) >= 11 is 3.71. The van der Waals surface area contributed by atoms with Gasteiger partial charge in [0.25, 0.3) is 0 Å². The molecule has 0 atom stereocenters. The minimum Gasteiger partial charge on any atom is -0.147 e. The first-order valence-electron chi connectivity index (χ1n) is 9.11. The monoisotopic (exact) mass is 380 g/mol. The lowest BCUT2D eigenvalue weighted by Crippen LogP contribution is -2.09.